The summed E-state index contributed by atoms with van der Waals surface area (Å²) in [6.07, 6.45) is 0. The Labute approximate surface area is 158 Å². The van der Waals surface area contributed by atoms with E-state index >= 15 is 0 Å². The fraction of sp³-hybridized carbons (Fsp3) is 0.400. The number of hydrogen-bond acceptors (Lipinski definition) is 4. The van der Waals surface area contributed by atoms with Crippen molar-refractivity contribution in [2.24, 2.45) is 5.92 Å². The van der Waals surface area contributed by atoms with Crippen LogP contribution in [0.4, 0.5) is 0 Å². The molecule has 2 amide bonds. The summed E-state index contributed by atoms with van der Waals surface area (Å²) in [7, 11) is 0. The summed E-state index contributed by atoms with van der Waals surface area (Å²) in [4.78, 5) is 25.4. The van der Waals surface area contributed by atoms with Crippen LogP contribution in [0.15, 0.2) is 41.8 Å². The maximum Gasteiger partial charge on any atom is 0.262 e. The normalized spacial score (nSPS) is 12.0. The predicted octanol–water partition coefficient (Wildman–Crippen LogP) is 3.36. The van der Waals surface area contributed by atoms with Crippen LogP contribution in [0.25, 0.3) is 0 Å². The molecule has 0 aliphatic carbocycles. The average molecular weight is 375 g/mol. The molecule has 5 nitrogen and oxygen atoms in total. The fourth-order valence-corrected chi connectivity index (χ4v) is 3.05. The van der Waals surface area contributed by atoms with Gasteiger partial charge in [0.25, 0.3) is 5.91 Å². The third-order valence-corrected chi connectivity index (χ3v) is 4.81. The van der Waals surface area contributed by atoms with E-state index in [0.717, 1.165) is 11.1 Å². The second kappa shape index (κ2) is 10.1. The first-order valence-corrected chi connectivity index (χ1v) is 9.66. The number of rotatable bonds is 9. The van der Waals surface area contributed by atoms with E-state index in [4.69, 9.17) is 4.74 Å². The summed E-state index contributed by atoms with van der Waals surface area (Å²) in [5.74, 6) is -0.398. The summed E-state index contributed by atoms with van der Waals surface area (Å²) in [5.41, 5.74) is 2.11. The molecule has 0 spiro atoms. The van der Waals surface area contributed by atoms with Crippen molar-refractivity contribution >= 4 is 23.2 Å². The Balaban J connectivity index is 1.90. The van der Waals surface area contributed by atoms with Crippen LogP contribution in [0, 0.1) is 5.92 Å². The average Bonchev–Trinajstić information content (AvgIpc) is 3.17. The van der Waals surface area contributed by atoms with Gasteiger partial charge < -0.3 is 15.4 Å². The van der Waals surface area contributed by atoms with E-state index in [1.807, 2.05) is 56.5 Å². The van der Waals surface area contributed by atoms with Crippen molar-refractivity contribution in [2.45, 2.75) is 40.0 Å². The molecule has 0 saturated heterocycles. The maximum absolute atomic E-state index is 12.5. The van der Waals surface area contributed by atoms with E-state index in [0.29, 0.717) is 24.6 Å². The quantitative estimate of drug-likeness (QED) is 0.707. The molecule has 1 heterocycles. The number of hydrogen-bond donors (Lipinski definition) is 2. The molecule has 1 atom stereocenters. The van der Waals surface area contributed by atoms with Crippen molar-refractivity contribution in [3.8, 4) is 0 Å². The molecule has 2 aromatic rings. The van der Waals surface area contributed by atoms with Gasteiger partial charge in [0, 0.05) is 13.2 Å². The van der Waals surface area contributed by atoms with Crippen LogP contribution in [0.1, 0.15) is 41.6 Å². The zero-order valence-electron chi connectivity index (χ0n) is 15.5. The van der Waals surface area contributed by atoms with Gasteiger partial charge in [-0.15, -0.1) is 11.3 Å². The summed E-state index contributed by atoms with van der Waals surface area (Å²) in [6.45, 7) is 7.50. The monoisotopic (exact) mass is 374 g/mol. The molecule has 1 aromatic heterocycles. The first-order valence-electron chi connectivity index (χ1n) is 8.79. The van der Waals surface area contributed by atoms with E-state index in [-0.39, 0.29) is 17.7 Å². The molecule has 0 fully saturated rings. The van der Waals surface area contributed by atoms with Gasteiger partial charge in [-0.05, 0) is 35.4 Å². The molecule has 2 rings (SSSR count). The van der Waals surface area contributed by atoms with Gasteiger partial charge in [-0.3, -0.25) is 9.59 Å². The van der Waals surface area contributed by atoms with Crippen LogP contribution in [0.3, 0.4) is 0 Å². The highest BCUT2D eigenvalue weighted by atomic mass is 32.1. The Morgan fingerprint density at radius 3 is 2.38 bits per heavy atom. The lowest BCUT2D eigenvalue weighted by molar-refractivity contribution is -0.124. The third-order valence-electron chi connectivity index (χ3n) is 3.94. The molecule has 2 N–H and O–H groups in total. The van der Waals surface area contributed by atoms with Crippen LogP contribution in [-0.4, -0.2) is 24.5 Å². The number of benzene rings is 1. The van der Waals surface area contributed by atoms with E-state index < -0.39 is 6.04 Å². The summed E-state index contributed by atoms with van der Waals surface area (Å²) < 4.78 is 5.37. The number of amides is 2. The van der Waals surface area contributed by atoms with Gasteiger partial charge in [-0.2, -0.15) is 0 Å². The van der Waals surface area contributed by atoms with Gasteiger partial charge in [0.1, 0.15) is 6.04 Å². The van der Waals surface area contributed by atoms with Gasteiger partial charge in [-0.1, -0.05) is 44.2 Å². The molecule has 6 heteroatoms. The summed E-state index contributed by atoms with van der Waals surface area (Å²) in [6, 6.07) is 10.9. The first kappa shape index (κ1) is 20.1. The molecule has 0 bridgehead atoms. The SMILES string of the molecule is CCOCc1ccc(CNC(=O)[C@H](NC(=O)c2cccs2)C(C)C)cc1. The van der Waals surface area contributed by atoms with Crippen molar-refractivity contribution in [1.29, 1.82) is 0 Å². The van der Waals surface area contributed by atoms with Crippen LogP contribution < -0.4 is 10.6 Å². The first-order chi connectivity index (χ1) is 12.5. The van der Waals surface area contributed by atoms with Gasteiger partial charge in [-0.25, -0.2) is 0 Å². The second-order valence-electron chi connectivity index (χ2n) is 6.34. The van der Waals surface area contributed by atoms with Gasteiger partial charge in [0.2, 0.25) is 5.91 Å². The standard InChI is InChI=1S/C20H26N2O3S/c1-4-25-13-16-9-7-15(8-10-16)12-21-20(24)18(14(2)3)22-19(23)17-6-5-11-26-17/h5-11,14,18H,4,12-13H2,1-3H3,(H,21,24)(H,22,23)/t18-/m1/s1. The van der Waals surface area contributed by atoms with Crippen molar-refractivity contribution in [3.63, 3.8) is 0 Å². The minimum absolute atomic E-state index is 0.00696. The Bertz CT molecular complexity index is 696. The van der Waals surface area contributed by atoms with Gasteiger partial charge in [0.05, 0.1) is 11.5 Å². The second-order valence-corrected chi connectivity index (χ2v) is 7.29. The van der Waals surface area contributed by atoms with Crippen molar-refractivity contribution < 1.29 is 14.3 Å². The van der Waals surface area contributed by atoms with E-state index in [9.17, 15) is 9.59 Å². The molecule has 0 saturated carbocycles. The zero-order chi connectivity index (χ0) is 18.9. The van der Waals surface area contributed by atoms with Gasteiger partial charge >= 0.3 is 0 Å². The molecular formula is C20H26N2O3S. The minimum atomic E-state index is -0.568. The third kappa shape index (κ3) is 5.97. The summed E-state index contributed by atoms with van der Waals surface area (Å²) >= 11 is 1.36. The van der Waals surface area contributed by atoms with Crippen molar-refractivity contribution in [3.05, 3.63) is 57.8 Å². The molecule has 0 aliphatic heterocycles. The smallest absolute Gasteiger partial charge is 0.262 e. The molecule has 140 valence electrons. The molecule has 0 aliphatic rings. The van der Waals surface area contributed by atoms with Crippen LogP contribution in [0.2, 0.25) is 0 Å². The lowest BCUT2D eigenvalue weighted by Gasteiger charge is -2.21. The number of thiophene rings is 1. The predicted molar refractivity (Wildman–Crippen MR) is 104 cm³/mol. The van der Waals surface area contributed by atoms with E-state index in [1.54, 1.807) is 6.07 Å². The molecule has 0 radical (unpaired) electrons. The van der Waals surface area contributed by atoms with Crippen LogP contribution in [-0.2, 0) is 22.7 Å². The maximum atomic E-state index is 12.5. The zero-order valence-corrected chi connectivity index (χ0v) is 16.3. The molecule has 0 unspecified atom stereocenters. The molecular weight excluding hydrogens is 348 g/mol. The Morgan fingerprint density at radius 2 is 1.81 bits per heavy atom. The van der Waals surface area contributed by atoms with E-state index in [1.165, 1.54) is 11.3 Å². The fourth-order valence-electron chi connectivity index (χ4n) is 2.43. The van der Waals surface area contributed by atoms with Crippen LogP contribution in [0.5, 0.6) is 0 Å². The highest BCUT2D eigenvalue weighted by Crippen LogP contribution is 2.11. The summed E-state index contributed by atoms with van der Waals surface area (Å²) in [5, 5.41) is 7.58. The van der Waals surface area contributed by atoms with E-state index in [2.05, 4.69) is 10.6 Å². The number of ether oxygens (including phenoxy) is 1. The number of nitrogens with one attached hydrogen (secondary N) is 2. The number of carbonyl (C=O) groups is 2. The van der Waals surface area contributed by atoms with Crippen LogP contribution >= 0.6 is 11.3 Å². The largest absolute Gasteiger partial charge is 0.377 e. The van der Waals surface area contributed by atoms with Crippen molar-refractivity contribution in [1.82, 2.24) is 10.6 Å². The minimum Gasteiger partial charge on any atom is -0.377 e. The topological polar surface area (TPSA) is 67.4 Å². The highest BCUT2D eigenvalue weighted by molar-refractivity contribution is 7.12. The van der Waals surface area contributed by atoms with Crippen molar-refractivity contribution in [2.75, 3.05) is 6.61 Å². The Kier molecular flexibility index (Phi) is 7.81. The lowest BCUT2D eigenvalue weighted by Crippen LogP contribution is -2.49. The lowest BCUT2D eigenvalue weighted by atomic mass is 10.0. The van der Waals surface area contributed by atoms with Gasteiger partial charge in [0.15, 0.2) is 0 Å². The Morgan fingerprint density at radius 1 is 1.12 bits per heavy atom. The number of carbonyl (C=O) groups excluding carboxylic acids is 2. The highest BCUT2D eigenvalue weighted by Gasteiger charge is 2.24. The molecule has 1 aromatic carbocycles. The Hall–Kier alpha value is -2.18. The molecule has 26 heavy (non-hydrogen) atoms.